The quantitative estimate of drug-likeness (QED) is 0.532. The lowest BCUT2D eigenvalue weighted by atomic mass is 9.90. The van der Waals surface area contributed by atoms with Gasteiger partial charge in [0.2, 0.25) is 0 Å². The maximum absolute atomic E-state index is 12.6. The number of fused-ring (bicyclic) bond motifs is 1. The van der Waals surface area contributed by atoms with Crippen molar-refractivity contribution in [3.63, 3.8) is 0 Å². The second kappa shape index (κ2) is 7.93. The number of aromatic amines is 1. The summed E-state index contributed by atoms with van der Waals surface area (Å²) in [6.07, 6.45) is 1.95. The second-order valence-corrected chi connectivity index (χ2v) is 7.16. The highest BCUT2D eigenvalue weighted by Gasteiger charge is 2.21. The number of para-hydroxylation sites is 1. The molecule has 146 valence electrons. The van der Waals surface area contributed by atoms with Crippen LogP contribution >= 0.6 is 11.6 Å². The van der Waals surface area contributed by atoms with Gasteiger partial charge in [-0.1, -0.05) is 48.0 Å². The van der Waals surface area contributed by atoms with Crippen LogP contribution in [0.2, 0.25) is 5.02 Å². The molecule has 2 aromatic heterocycles. The van der Waals surface area contributed by atoms with Crippen LogP contribution in [0.1, 0.15) is 27.5 Å². The molecule has 2 aromatic carbocycles. The largest absolute Gasteiger partial charge is 0.361 e. The van der Waals surface area contributed by atoms with Gasteiger partial charge in [-0.15, -0.1) is 0 Å². The van der Waals surface area contributed by atoms with Gasteiger partial charge in [-0.05, 0) is 29.3 Å². The Morgan fingerprint density at radius 2 is 1.86 bits per heavy atom. The summed E-state index contributed by atoms with van der Waals surface area (Å²) in [5.74, 6) is -0.506. The molecule has 0 fully saturated rings. The Kier molecular flexibility index (Phi) is 5.18. The number of nitrogens with zero attached hydrogens (tertiary/aromatic N) is 2. The Morgan fingerprint density at radius 3 is 2.66 bits per heavy atom. The van der Waals surface area contributed by atoms with Crippen molar-refractivity contribution in [1.29, 1.82) is 0 Å². The zero-order valence-corrected chi connectivity index (χ0v) is 16.5. The third-order valence-corrected chi connectivity index (χ3v) is 5.28. The number of carbonyl (C=O) groups excluding carboxylic acids is 1. The van der Waals surface area contributed by atoms with E-state index in [2.05, 4.69) is 15.4 Å². The molecular weight excluding hydrogens is 388 g/mol. The van der Waals surface area contributed by atoms with Gasteiger partial charge >= 0.3 is 0 Å². The summed E-state index contributed by atoms with van der Waals surface area (Å²) in [6, 6.07) is 18.4. The van der Waals surface area contributed by atoms with Gasteiger partial charge < -0.3 is 10.3 Å². The van der Waals surface area contributed by atoms with Crippen molar-refractivity contribution in [1.82, 2.24) is 20.1 Å². The molecule has 0 radical (unpaired) electrons. The van der Waals surface area contributed by atoms with Gasteiger partial charge in [-0.25, -0.2) is 4.68 Å². The Bertz CT molecular complexity index is 1240. The van der Waals surface area contributed by atoms with Gasteiger partial charge in [0.15, 0.2) is 0 Å². The van der Waals surface area contributed by atoms with Crippen molar-refractivity contribution < 1.29 is 4.79 Å². The van der Waals surface area contributed by atoms with Crippen molar-refractivity contribution in [3.05, 3.63) is 99.1 Å². The lowest BCUT2D eigenvalue weighted by molar-refractivity contribution is 0.0945. The van der Waals surface area contributed by atoms with Crippen LogP contribution < -0.4 is 10.9 Å². The first-order valence-electron chi connectivity index (χ1n) is 9.17. The maximum Gasteiger partial charge on any atom is 0.271 e. The summed E-state index contributed by atoms with van der Waals surface area (Å²) < 4.78 is 1.14. The highest BCUT2D eigenvalue weighted by molar-refractivity contribution is 6.31. The fourth-order valence-corrected chi connectivity index (χ4v) is 3.70. The van der Waals surface area contributed by atoms with E-state index in [0.717, 1.165) is 26.7 Å². The SMILES string of the molecule is Cn1nc(C(=O)NCC(c2ccccc2Cl)c2c[nH]c3ccccc23)ccc1=O. The maximum atomic E-state index is 12.6. The molecule has 4 aromatic rings. The van der Waals surface area contributed by atoms with E-state index in [1.807, 2.05) is 54.7 Å². The van der Waals surface area contributed by atoms with Gasteiger partial charge in [0, 0.05) is 47.7 Å². The van der Waals surface area contributed by atoms with E-state index in [-0.39, 0.29) is 23.1 Å². The predicted octanol–water partition coefficient (Wildman–Crippen LogP) is 3.48. The van der Waals surface area contributed by atoms with Crippen LogP contribution in [0.25, 0.3) is 10.9 Å². The lowest BCUT2D eigenvalue weighted by Crippen LogP contribution is -2.31. The highest BCUT2D eigenvalue weighted by Crippen LogP contribution is 2.34. The van der Waals surface area contributed by atoms with Crippen LogP contribution in [0, 0.1) is 0 Å². The molecule has 0 saturated carbocycles. The number of hydrogen-bond acceptors (Lipinski definition) is 3. The standard InChI is InChI=1S/C22H19ClN4O2/c1-27-21(28)11-10-20(26-27)22(29)25-13-16(14-6-2-4-8-18(14)23)17-12-24-19-9-5-3-7-15(17)19/h2-12,16,24H,13H2,1H3,(H,25,29). The first-order valence-corrected chi connectivity index (χ1v) is 9.55. The van der Waals surface area contributed by atoms with Gasteiger partial charge in [0.1, 0.15) is 5.69 Å². The number of aryl methyl sites for hydroxylation is 1. The van der Waals surface area contributed by atoms with Crippen LogP contribution in [0.5, 0.6) is 0 Å². The Balaban J connectivity index is 1.68. The molecular formula is C22H19ClN4O2. The van der Waals surface area contributed by atoms with E-state index in [9.17, 15) is 9.59 Å². The summed E-state index contributed by atoms with van der Waals surface area (Å²) >= 11 is 6.48. The zero-order valence-electron chi connectivity index (χ0n) is 15.7. The van der Waals surface area contributed by atoms with E-state index in [1.165, 1.54) is 19.2 Å². The lowest BCUT2D eigenvalue weighted by Gasteiger charge is -2.19. The zero-order chi connectivity index (χ0) is 20.4. The molecule has 2 heterocycles. The first-order chi connectivity index (χ1) is 14.0. The van der Waals surface area contributed by atoms with E-state index in [1.54, 1.807) is 0 Å². The van der Waals surface area contributed by atoms with Gasteiger partial charge in [0.05, 0.1) is 0 Å². The number of amides is 1. The van der Waals surface area contributed by atoms with E-state index in [0.29, 0.717) is 11.6 Å². The molecule has 29 heavy (non-hydrogen) atoms. The molecule has 0 aliphatic carbocycles. The molecule has 0 aliphatic rings. The number of nitrogens with one attached hydrogen (secondary N) is 2. The number of rotatable bonds is 5. The fraction of sp³-hybridized carbons (Fsp3) is 0.136. The van der Waals surface area contributed by atoms with Gasteiger partial charge in [-0.2, -0.15) is 5.10 Å². The van der Waals surface area contributed by atoms with E-state index < -0.39 is 0 Å². The minimum Gasteiger partial charge on any atom is -0.361 e. The van der Waals surface area contributed by atoms with Crippen molar-refractivity contribution in [2.24, 2.45) is 7.05 Å². The van der Waals surface area contributed by atoms with E-state index >= 15 is 0 Å². The van der Waals surface area contributed by atoms with Crippen LogP contribution in [-0.4, -0.2) is 27.2 Å². The minimum atomic E-state index is -0.350. The monoisotopic (exact) mass is 406 g/mol. The van der Waals surface area contributed by atoms with Crippen molar-refractivity contribution in [3.8, 4) is 0 Å². The molecule has 1 amide bonds. The number of aromatic nitrogens is 3. The normalized spacial score (nSPS) is 12.1. The smallest absolute Gasteiger partial charge is 0.271 e. The van der Waals surface area contributed by atoms with Crippen molar-refractivity contribution in [2.45, 2.75) is 5.92 Å². The van der Waals surface area contributed by atoms with E-state index in [4.69, 9.17) is 11.6 Å². The number of H-pyrrole nitrogens is 1. The molecule has 2 N–H and O–H groups in total. The number of carbonyl (C=O) groups is 1. The molecule has 6 nitrogen and oxygen atoms in total. The minimum absolute atomic E-state index is 0.156. The summed E-state index contributed by atoms with van der Waals surface area (Å²) in [7, 11) is 1.51. The third-order valence-electron chi connectivity index (χ3n) is 4.94. The first kappa shape index (κ1) is 19.0. The van der Waals surface area contributed by atoms with Gasteiger partial charge in [-0.3, -0.25) is 9.59 Å². The summed E-state index contributed by atoms with van der Waals surface area (Å²) in [5, 5.41) is 8.66. The third kappa shape index (κ3) is 3.79. The molecule has 0 saturated heterocycles. The van der Waals surface area contributed by atoms with Crippen molar-refractivity contribution >= 4 is 28.4 Å². The number of halogens is 1. The Hall–Kier alpha value is -3.38. The number of benzene rings is 2. The average molecular weight is 407 g/mol. The molecule has 0 bridgehead atoms. The molecule has 1 atom stereocenters. The summed E-state index contributed by atoms with van der Waals surface area (Å²) in [6.45, 7) is 0.328. The Morgan fingerprint density at radius 1 is 1.10 bits per heavy atom. The highest BCUT2D eigenvalue weighted by atomic mass is 35.5. The van der Waals surface area contributed by atoms with Crippen molar-refractivity contribution in [2.75, 3.05) is 6.54 Å². The van der Waals surface area contributed by atoms with Crippen LogP contribution in [0.4, 0.5) is 0 Å². The number of hydrogen-bond donors (Lipinski definition) is 2. The summed E-state index contributed by atoms with van der Waals surface area (Å²) in [4.78, 5) is 27.4. The molecule has 7 heteroatoms. The topological polar surface area (TPSA) is 79.8 Å². The average Bonchev–Trinajstić information content (AvgIpc) is 3.15. The molecule has 0 aliphatic heterocycles. The Labute approximate surface area is 172 Å². The molecule has 0 spiro atoms. The van der Waals surface area contributed by atoms with Gasteiger partial charge in [0.25, 0.3) is 11.5 Å². The predicted molar refractivity (Wildman–Crippen MR) is 113 cm³/mol. The molecule has 1 unspecified atom stereocenters. The second-order valence-electron chi connectivity index (χ2n) is 6.75. The fourth-order valence-electron chi connectivity index (χ4n) is 3.44. The van der Waals surface area contributed by atoms with Crippen LogP contribution in [0.15, 0.2) is 71.7 Å². The van der Waals surface area contributed by atoms with Crippen LogP contribution in [-0.2, 0) is 7.05 Å². The molecule has 4 rings (SSSR count). The van der Waals surface area contributed by atoms with Crippen LogP contribution in [0.3, 0.4) is 0 Å². The summed E-state index contributed by atoms with van der Waals surface area (Å²) in [5.41, 5.74) is 2.90.